The second kappa shape index (κ2) is 11.1. The third-order valence-corrected chi connectivity index (χ3v) is 6.46. The van der Waals surface area contributed by atoms with Gasteiger partial charge in [-0.3, -0.25) is 14.6 Å². The number of halogens is 2. The standard InChI is InChI=1S/C22H29N5O2.2ClH/c1-13-18(22(29)27-21(25-13)16-6-3-9-24-12-16)7-8-19(28)26-20-14-4-2-5-15(20)11-17(23)10-14;;/h3,6,9,12,14-15,17,20H,2,4-5,7-8,10-11,23H2,1H3,(H,26,28)(H,25,27,29);2*1H. The van der Waals surface area contributed by atoms with E-state index in [4.69, 9.17) is 5.73 Å². The number of nitrogens with two attached hydrogens (primary N) is 1. The maximum absolute atomic E-state index is 12.6. The van der Waals surface area contributed by atoms with Crippen LogP contribution in [0.5, 0.6) is 0 Å². The lowest BCUT2D eigenvalue weighted by atomic mass is 9.67. The van der Waals surface area contributed by atoms with Crippen LogP contribution in [0.2, 0.25) is 0 Å². The zero-order valence-corrected chi connectivity index (χ0v) is 19.3. The summed E-state index contributed by atoms with van der Waals surface area (Å²) in [5, 5.41) is 3.25. The molecule has 7 nitrogen and oxygen atoms in total. The van der Waals surface area contributed by atoms with Crippen molar-refractivity contribution in [3.8, 4) is 11.4 Å². The summed E-state index contributed by atoms with van der Waals surface area (Å²) in [4.78, 5) is 36.6. The third-order valence-electron chi connectivity index (χ3n) is 6.46. The maximum atomic E-state index is 12.6. The van der Waals surface area contributed by atoms with Gasteiger partial charge in [-0.2, -0.15) is 0 Å². The Morgan fingerprint density at radius 1 is 1.26 bits per heavy atom. The van der Waals surface area contributed by atoms with Crippen molar-refractivity contribution in [2.45, 2.75) is 64.0 Å². The van der Waals surface area contributed by atoms with E-state index in [2.05, 4.69) is 20.3 Å². The maximum Gasteiger partial charge on any atom is 0.254 e. The molecular weight excluding hydrogens is 437 g/mol. The van der Waals surface area contributed by atoms with Crippen LogP contribution < -0.4 is 16.6 Å². The monoisotopic (exact) mass is 467 g/mol. The summed E-state index contributed by atoms with van der Waals surface area (Å²) in [6, 6.07) is 4.16. The van der Waals surface area contributed by atoms with Crippen LogP contribution in [0.3, 0.4) is 0 Å². The van der Waals surface area contributed by atoms with Crippen molar-refractivity contribution >= 4 is 30.7 Å². The van der Waals surface area contributed by atoms with Crippen molar-refractivity contribution in [1.82, 2.24) is 20.3 Å². The topological polar surface area (TPSA) is 114 Å². The summed E-state index contributed by atoms with van der Waals surface area (Å²) in [5.41, 5.74) is 7.97. The zero-order valence-electron chi connectivity index (χ0n) is 17.7. The number of aromatic amines is 1. The smallest absolute Gasteiger partial charge is 0.254 e. The van der Waals surface area contributed by atoms with Gasteiger partial charge in [0, 0.05) is 47.7 Å². The van der Waals surface area contributed by atoms with E-state index >= 15 is 0 Å². The highest BCUT2D eigenvalue weighted by atomic mass is 35.5. The molecule has 4 rings (SSSR count). The summed E-state index contributed by atoms with van der Waals surface area (Å²) in [7, 11) is 0. The van der Waals surface area contributed by atoms with Gasteiger partial charge in [-0.25, -0.2) is 4.98 Å². The average Bonchev–Trinajstić information content (AvgIpc) is 2.68. The number of aryl methyl sites for hydroxylation is 1. The number of fused-ring (bicyclic) bond motifs is 2. The average molecular weight is 468 g/mol. The molecule has 2 aromatic heterocycles. The predicted molar refractivity (Wildman–Crippen MR) is 126 cm³/mol. The Kier molecular flexibility index (Phi) is 9.03. The van der Waals surface area contributed by atoms with Crippen molar-refractivity contribution in [2.75, 3.05) is 0 Å². The summed E-state index contributed by atoms with van der Waals surface area (Å²) in [6.07, 6.45) is 9.54. The summed E-state index contributed by atoms with van der Waals surface area (Å²) in [5.74, 6) is 1.50. The second-order valence-corrected chi connectivity index (χ2v) is 8.50. The number of nitrogens with zero attached hydrogens (tertiary/aromatic N) is 2. The second-order valence-electron chi connectivity index (χ2n) is 8.50. The number of carbonyl (C=O) groups excluding carboxylic acids is 1. The fourth-order valence-electron chi connectivity index (χ4n) is 5.07. The van der Waals surface area contributed by atoms with Crippen LogP contribution in [-0.2, 0) is 11.2 Å². The van der Waals surface area contributed by atoms with Gasteiger partial charge in [0.1, 0.15) is 5.82 Å². The Morgan fingerprint density at radius 2 is 1.97 bits per heavy atom. The number of nitrogens with one attached hydrogen (secondary N) is 2. The largest absolute Gasteiger partial charge is 0.353 e. The van der Waals surface area contributed by atoms with Gasteiger partial charge in [0.05, 0.1) is 0 Å². The number of aromatic nitrogens is 3. The molecule has 0 spiro atoms. The Balaban J connectivity index is 0.00000171. The first kappa shape index (κ1) is 25.3. The van der Waals surface area contributed by atoms with Gasteiger partial charge >= 0.3 is 0 Å². The van der Waals surface area contributed by atoms with Crippen molar-refractivity contribution in [2.24, 2.45) is 17.6 Å². The van der Waals surface area contributed by atoms with Gasteiger partial charge in [-0.15, -0.1) is 24.8 Å². The lowest BCUT2D eigenvalue weighted by Crippen LogP contribution is -2.53. The molecule has 0 saturated heterocycles. The van der Waals surface area contributed by atoms with Crippen LogP contribution in [0.25, 0.3) is 11.4 Å². The van der Waals surface area contributed by atoms with Crippen LogP contribution in [0.1, 0.15) is 49.8 Å². The van der Waals surface area contributed by atoms with Crippen LogP contribution in [0, 0.1) is 18.8 Å². The van der Waals surface area contributed by atoms with Gasteiger partial charge in [0.2, 0.25) is 5.91 Å². The van der Waals surface area contributed by atoms with Gasteiger partial charge in [-0.1, -0.05) is 6.42 Å². The van der Waals surface area contributed by atoms with Crippen LogP contribution in [-0.4, -0.2) is 32.9 Å². The Hall–Kier alpha value is -1.96. The molecule has 2 saturated carbocycles. The fourth-order valence-corrected chi connectivity index (χ4v) is 5.07. The van der Waals surface area contributed by atoms with Crippen molar-refractivity contribution < 1.29 is 4.79 Å². The molecular formula is C22H31Cl2N5O2. The van der Waals surface area contributed by atoms with E-state index in [1.165, 1.54) is 6.42 Å². The van der Waals surface area contributed by atoms with E-state index in [1.54, 1.807) is 18.5 Å². The Morgan fingerprint density at radius 3 is 2.58 bits per heavy atom. The van der Waals surface area contributed by atoms with E-state index in [9.17, 15) is 9.59 Å². The quantitative estimate of drug-likeness (QED) is 0.625. The lowest BCUT2D eigenvalue weighted by molar-refractivity contribution is -0.123. The molecule has 2 atom stereocenters. The molecule has 2 bridgehead atoms. The van der Waals surface area contributed by atoms with Gasteiger partial charge in [-0.05, 0) is 63.0 Å². The summed E-state index contributed by atoms with van der Waals surface area (Å²) < 4.78 is 0. The number of hydrogen-bond acceptors (Lipinski definition) is 5. The Bertz CT molecular complexity index is 923. The van der Waals surface area contributed by atoms with E-state index in [0.29, 0.717) is 41.8 Å². The van der Waals surface area contributed by atoms with Crippen molar-refractivity contribution in [3.05, 3.63) is 46.1 Å². The molecule has 2 unspecified atom stereocenters. The zero-order chi connectivity index (χ0) is 20.4. The predicted octanol–water partition coefficient (Wildman–Crippen LogP) is 2.94. The minimum absolute atomic E-state index is 0. The van der Waals surface area contributed by atoms with Crippen molar-refractivity contribution in [1.29, 1.82) is 0 Å². The highest BCUT2D eigenvalue weighted by Crippen LogP contribution is 2.39. The minimum atomic E-state index is -0.190. The number of amides is 1. The van der Waals surface area contributed by atoms with Gasteiger partial charge in [0.25, 0.3) is 5.56 Å². The molecule has 170 valence electrons. The molecule has 0 aromatic carbocycles. The molecule has 4 N–H and O–H groups in total. The third kappa shape index (κ3) is 5.84. The van der Waals surface area contributed by atoms with Crippen LogP contribution in [0.15, 0.2) is 29.3 Å². The van der Waals surface area contributed by atoms with E-state index in [-0.39, 0.29) is 48.4 Å². The summed E-state index contributed by atoms with van der Waals surface area (Å²) in [6.45, 7) is 1.81. The number of hydrogen-bond donors (Lipinski definition) is 3. The van der Waals surface area contributed by atoms with Crippen LogP contribution in [0.4, 0.5) is 0 Å². The normalized spacial score (nSPS) is 24.5. The minimum Gasteiger partial charge on any atom is -0.353 e. The fraction of sp³-hybridized carbons (Fsp3) is 0.545. The number of carbonyl (C=O) groups is 1. The highest BCUT2D eigenvalue weighted by Gasteiger charge is 2.39. The van der Waals surface area contributed by atoms with Gasteiger partial charge in [0.15, 0.2) is 0 Å². The Labute approximate surface area is 194 Å². The molecule has 9 heteroatoms. The highest BCUT2D eigenvalue weighted by molar-refractivity contribution is 5.85. The van der Waals surface area contributed by atoms with E-state index in [1.807, 2.05) is 13.0 Å². The first-order valence-electron chi connectivity index (χ1n) is 10.6. The van der Waals surface area contributed by atoms with E-state index in [0.717, 1.165) is 31.2 Å². The molecule has 0 radical (unpaired) electrons. The van der Waals surface area contributed by atoms with Crippen molar-refractivity contribution in [3.63, 3.8) is 0 Å². The van der Waals surface area contributed by atoms with Gasteiger partial charge < -0.3 is 16.0 Å². The first-order chi connectivity index (χ1) is 14.0. The van der Waals surface area contributed by atoms with Crippen LogP contribution >= 0.6 is 24.8 Å². The first-order valence-corrected chi connectivity index (χ1v) is 10.6. The number of pyridine rings is 1. The molecule has 2 heterocycles. The molecule has 2 aliphatic carbocycles. The van der Waals surface area contributed by atoms with E-state index < -0.39 is 0 Å². The molecule has 2 fully saturated rings. The lowest BCUT2D eigenvalue weighted by Gasteiger charge is -2.45. The molecule has 0 aliphatic heterocycles. The molecule has 1 amide bonds. The number of rotatable bonds is 5. The SMILES string of the molecule is Cc1nc(-c2cccnc2)[nH]c(=O)c1CCC(=O)NC1C2CCCC1CC(N)C2.Cl.Cl. The number of H-pyrrole nitrogens is 1. The molecule has 2 aromatic rings. The molecule has 2 aliphatic rings. The molecule has 31 heavy (non-hydrogen) atoms. The summed E-state index contributed by atoms with van der Waals surface area (Å²) >= 11 is 0.